The molecule has 0 aliphatic carbocycles. The van der Waals surface area contributed by atoms with E-state index in [0.717, 1.165) is 12.1 Å². The maximum absolute atomic E-state index is 12.4. The monoisotopic (exact) mass is 229 g/mol. The molecule has 5 heteroatoms. The number of aliphatic hydroxyl groups is 1. The number of aliphatic hydroxyl groups excluding tert-OH is 1. The summed E-state index contributed by atoms with van der Waals surface area (Å²) in [6.45, 7) is 1.37. The fourth-order valence-electron chi connectivity index (χ4n) is 1.37. The van der Waals surface area contributed by atoms with Crippen LogP contribution in [0.15, 0.2) is 24.3 Å². The molecule has 86 valence electrons. The lowest BCUT2D eigenvalue weighted by Gasteiger charge is -2.14. The highest BCUT2D eigenvalue weighted by atomic mass is 19.4. The molecule has 0 aliphatic heterocycles. The van der Waals surface area contributed by atoms with Gasteiger partial charge in [0.15, 0.2) is 0 Å². The summed E-state index contributed by atoms with van der Waals surface area (Å²) in [5, 5.41) is 18.0. The van der Waals surface area contributed by atoms with Crippen molar-refractivity contribution in [1.82, 2.24) is 0 Å². The predicted molar refractivity (Wildman–Crippen MR) is 51.5 cm³/mol. The third kappa shape index (κ3) is 2.74. The van der Waals surface area contributed by atoms with Crippen molar-refractivity contribution in [2.75, 3.05) is 0 Å². The Morgan fingerprint density at radius 1 is 1.38 bits per heavy atom. The first-order valence-corrected chi connectivity index (χ1v) is 4.61. The molecule has 1 N–H and O–H groups in total. The molecule has 2 atom stereocenters. The second kappa shape index (κ2) is 4.54. The molecule has 0 amide bonds. The molecule has 1 aromatic rings. The van der Waals surface area contributed by atoms with E-state index in [9.17, 15) is 18.3 Å². The van der Waals surface area contributed by atoms with Gasteiger partial charge in [0.25, 0.3) is 0 Å². The molecule has 1 rings (SSSR count). The lowest BCUT2D eigenvalue weighted by atomic mass is 9.94. The van der Waals surface area contributed by atoms with Crippen LogP contribution in [0.2, 0.25) is 0 Å². The van der Waals surface area contributed by atoms with Gasteiger partial charge in [0.05, 0.1) is 23.7 Å². The van der Waals surface area contributed by atoms with Gasteiger partial charge in [-0.1, -0.05) is 18.2 Å². The lowest BCUT2D eigenvalue weighted by Crippen LogP contribution is -2.14. The smallest absolute Gasteiger partial charge is 0.392 e. The molecule has 0 saturated heterocycles. The van der Waals surface area contributed by atoms with E-state index in [1.807, 2.05) is 0 Å². The highest BCUT2D eigenvalue weighted by Crippen LogP contribution is 2.31. The van der Waals surface area contributed by atoms with Gasteiger partial charge in [0.2, 0.25) is 0 Å². The van der Waals surface area contributed by atoms with Crippen LogP contribution in [0.25, 0.3) is 0 Å². The van der Waals surface area contributed by atoms with Crippen molar-refractivity contribution in [2.24, 2.45) is 0 Å². The average molecular weight is 229 g/mol. The molecule has 2 unspecified atom stereocenters. The SMILES string of the molecule is CC(O)C(C#N)c1cccc(C(F)(F)F)c1. The van der Waals surface area contributed by atoms with Crippen LogP contribution >= 0.6 is 0 Å². The number of alkyl halides is 3. The number of benzene rings is 1. The average Bonchev–Trinajstić information content (AvgIpc) is 2.17. The highest BCUT2D eigenvalue weighted by molar-refractivity contribution is 5.32. The molecule has 0 aromatic heterocycles. The van der Waals surface area contributed by atoms with E-state index in [-0.39, 0.29) is 5.56 Å². The fourth-order valence-corrected chi connectivity index (χ4v) is 1.37. The second-order valence-corrected chi connectivity index (χ2v) is 3.47. The van der Waals surface area contributed by atoms with Crippen LogP contribution in [-0.4, -0.2) is 11.2 Å². The van der Waals surface area contributed by atoms with E-state index in [1.54, 1.807) is 6.07 Å². The minimum Gasteiger partial charge on any atom is -0.392 e. The Labute approximate surface area is 90.9 Å². The van der Waals surface area contributed by atoms with Gasteiger partial charge < -0.3 is 5.11 Å². The maximum Gasteiger partial charge on any atom is 0.416 e. The molecule has 0 heterocycles. The first-order valence-electron chi connectivity index (χ1n) is 4.61. The van der Waals surface area contributed by atoms with Crippen molar-refractivity contribution in [3.8, 4) is 6.07 Å². The van der Waals surface area contributed by atoms with Gasteiger partial charge >= 0.3 is 6.18 Å². The summed E-state index contributed by atoms with van der Waals surface area (Å²) in [6, 6.07) is 6.22. The minimum atomic E-state index is -4.44. The van der Waals surface area contributed by atoms with Crippen molar-refractivity contribution in [3.63, 3.8) is 0 Å². The van der Waals surface area contributed by atoms with Crippen molar-refractivity contribution < 1.29 is 18.3 Å². The first kappa shape index (κ1) is 12.5. The van der Waals surface area contributed by atoms with Crippen LogP contribution in [0.4, 0.5) is 13.2 Å². The Hall–Kier alpha value is -1.54. The third-order valence-electron chi connectivity index (χ3n) is 2.19. The minimum absolute atomic E-state index is 0.173. The molecule has 0 fully saturated rings. The van der Waals surface area contributed by atoms with Crippen LogP contribution < -0.4 is 0 Å². The first-order chi connectivity index (χ1) is 7.36. The summed E-state index contributed by atoms with van der Waals surface area (Å²) in [5.41, 5.74) is -0.641. The lowest BCUT2D eigenvalue weighted by molar-refractivity contribution is -0.137. The Morgan fingerprint density at radius 3 is 2.44 bits per heavy atom. The zero-order valence-electron chi connectivity index (χ0n) is 8.49. The zero-order chi connectivity index (χ0) is 12.3. The number of hydrogen-bond donors (Lipinski definition) is 1. The molecule has 1 aromatic carbocycles. The van der Waals surface area contributed by atoms with E-state index in [2.05, 4.69) is 0 Å². The van der Waals surface area contributed by atoms with Gasteiger partial charge in [-0.25, -0.2) is 0 Å². The number of halogens is 3. The summed E-state index contributed by atoms with van der Waals surface area (Å²) in [4.78, 5) is 0. The number of nitriles is 1. The van der Waals surface area contributed by atoms with Crippen LogP contribution in [-0.2, 0) is 6.18 Å². The van der Waals surface area contributed by atoms with Gasteiger partial charge in [0.1, 0.15) is 0 Å². The van der Waals surface area contributed by atoms with Gasteiger partial charge in [-0.15, -0.1) is 0 Å². The Morgan fingerprint density at radius 2 is 2.00 bits per heavy atom. The van der Waals surface area contributed by atoms with E-state index >= 15 is 0 Å². The van der Waals surface area contributed by atoms with Gasteiger partial charge in [-0.05, 0) is 18.6 Å². The summed E-state index contributed by atoms with van der Waals surface area (Å²) in [5.74, 6) is -0.942. The predicted octanol–water partition coefficient (Wildman–Crippen LogP) is 2.69. The molecule has 0 radical (unpaired) electrons. The molecule has 0 bridgehead atoms. The molecule has 0 aliphatic rings. The largest absolute Gasteiger partial charge is 0.416 e. The van der Waals surface area contributed by atoms with Crippen molar-refractivity contribution in [2.45, 2.75) is 25.1 Å². The van der Waals surface area contributed by atoms with Crippen LogP contribution in [0, 0.1) is 11.3 Å². The summed E-state index contributed by atoms with van der Waals surface area (Å²) in [7, 11) is 0. The van der Waals surface area contributed by atoms with E-state index in [0.29, 0.717) is 0 Å². The van der Waals surface area contributed by atoms with E-state index in [4.69, 9.17) is 5.26 Å². The topological polar surface area (TPSA) is 44.0 Å². The summed E-state index contributed by atoms with van der Waals surface area (Å²) in [6.07, 6.45) is -5.44. The standard InChI is InChI=1S/C11H10F3NO/c1-7(16)10(6-15)8-3-2-4-9(5-8)11(12,13)14/h2-5,7,10,16H,1H3. The molecule has 16 heavy (non-hydrogen) atoms. The normalized spacial score (nSPS) is 15.2. The Bertz CT molecular complexity index is 406. The Balaban J connectivity index is 3.13. The van der Waals surface area contributed by atoms with Gasteiger partial charge in [-0.3, -0.25) is 0 Å². The van der Waals surface area contributed by atoms with Crippen LogP contribution in [0.5, 0.6) is 0 Å². The quantitative estimate of drug-likeness (QED) is 0.847. The van der Waals surface area contributed by atoms with Crippen molar-refractivity contribution in [1.29, 1.82) is 5.26 Å². The zero-order valence-corrected chi connectivity index (χ0v) is 8.49. The number of rotatable bonds is 2. The maximum atomic E-state index is 12.4. The third-order valence-corrected chi connectivity index (χ3v) is 2.19. The molecular weight excluding hydrogens is 219 g/mol. The van der Waals surface area contributed by atoms with E-state index in [1.165, 1.54) is 19.1 Å². The van der Waals surface area contributed by atoms with E-state index < -0.39 is 23.8 Å². The van der Waals surface area contributed by atoms with Gasteiger partial charge in [0, 0.05) is 0 Å². The molecular formula is C11H10F3NO. The molecule has 0 spiro atoms. The highest BCUT2D eigenvalue weighted by Gasteiger charge is 2.31. The van der Waals surface area contributed by atoms with Crippen LogP contribution in [0.1, 0.15) is 24.0 Å². The fraction of sp³-hybridized carbons (Fsp3) is 0.364. The second-order valence-electron chi connectivity index (χ2n) is 3.47. The number of hydrogen-bond acceptors (Lipinski definition) is 2. The van der Waals surface area contributed by atoms with Crippen molar-refractivity contribution in [3.05, 3.63) is 35.4 Å². The van der Waals surface area contributed by atoms with Gasteiger partial charge in [-0.2, -0.15) is 18.4 Å². The Kier molecular flexibility index (Phi) is 3.55. The van der Waals surface area contributed by atoms with Crippen molar-refractivity contribution >= 4 is 0 Å². The molecule has 0 saturated carbocycles. The number of nitrogens with zero attached hydrogens (tertiary/aromatic N) is 1. The molecule has 2 nitrogen and oxygen atoms in total. The summed E-state index contributed by atoms with van der Waals surface area (Å²) < 4.78 is 37.2. The van der Waals surface area contributed by atoms with Crippen LogP contribution in [0.3, 0.4) is 0 Å². The summed E-state index contributed by atoms with van der Waals surface area (Å²) >= 11 is 0.